The highest BCUT2D eigenvalue weighted by molar-refractivity contribution is 5.76. The summed E-state index contributed by atoms with van der Waals surface area (Å²) >= 11 is 0. The highest BCUT2D eigenvalue weighted by atomic mass is 16.1. The molecule has 0 unspecified atom stereocenters. The Morgan fingerprint density at radius 2 is 2.11 bits per heavy atom. The molecule has 148 valence electrons. The fraction of sp³-hybridized carbons (Fsp3) is 0.640. The van der Waals surface area contributed by atoms with Gasteiger partial charge < -0.3 is 5.32 Å². The largest absolute Gasteiger partial charge is 0.356 e. The Morgan fingerprint density at radius 1 is 1.33 bits per heavy atom. The average molecular weight is 368 g/mol. The molecule has 0 aromatic heterocycles. The zero-order chi connectivity index (χ0) is 19.7. The molecule has 0 heterocycles. The van der Waals surface area contributed by atoms with Crippen molar-refractivity contribution in [2.24, 2.45) is 11.3 Å². The van der Waals surface area contributed by atoms with Gasteiger partial charge in [-0.2, -0.15) is 0 Å². The maximum atomic E-state index is 12.2. The van der Waals surface area contributed by atoms with E-state index in [1.807, 2.05) is 6.08 Å². The van der Waals surface area contributed by atoms with Gasteiger partial charge in [0.2, 0.25) is 5.91 Å². The van der Waals surface area contributed by atoms with Gasteiger partial charge in [0.05, 0.1) is 0 Å². The summed E-state index contributed by atoms with van der Waals surface area (Å²) < 4.78 is 0. The standard InChI is InChI=1S/C25H37NO/c1-6-7-9-23(27)26-17-24(4)14-8-15-25(5)21-12-10-19(18(2)3)16-20(21)11-13-22(24)25/h6,10,12,16,18,22H,1,7-9,11,13-15,17H2,2-5H3,(H,26,27)/t22-,24-,25+/m0/s1. The lowest BCUT2D eigenvalue weighted by Crippen LogP contribution is -2.53. The SMILES string of the molecule is C=CCCC(=O)NC[C@]1(C)CCC[C@]2(C)c3ccc(C(C)C)cc3CC[C@@H]12. The molecule has 1 aromatic carbocycles. The molecular weight excluding hydrogens is 330 g/mol. The molecule has 0 aliphatic heterocycles. The van der Waals surface area contributed by atoms with Gasteiger partial charge in [-0.1, -0.05) is 58.4 Å². The molecule has 1 aromatic rings. The van der Waals surface area contributed by atoms with E-state index in [0.717, 1.165) is 13.0 Å². The van der Waals surface area contributed by atoms with Crippen LogP contribution in [-0.2, 0) is 16.6 Å². The fourth-order valence-corrected chi connectivity index (χ4v) is 5.84. The lowest BCUT2D eigenvalue weighted by atomic mass is 9.49. The van der Waals surface area contributed by atoms with E-state index in [2.05, 4.69) is 57.8 Å². The molecule has 2 nitrogen and oxygen atoms in total. The van der Waals surface area contributed by atoms with Gasteiger partial charge in [0.25, 0.3) is 0 Å². The van der Waals surface area contributed by atoms with Crippen molar-refractivity contribution in [2.45, 2.75) is 84.0 Å². The summed E-state index contributed by atoms with van der Waals surface area (Å²) in [6.07, 6.45) is 9.29. The normalized spacial score (nSPS) is 29.7. The monoisotopic (exact) mass is 367 g/mol. The summed E-state index contributed by atoms with van der Waals surface area (Å²) in [6, 6.07) is 7.23. The molecule has 0 bridgehead atoms. The smallest absolute Gasteiger partial charge is 0.220 e. The number of nitrogens with one attached hydrogen (secondary N) is 1. The maximum absolute atomic E-state index is 12.2. The van der Waals surface area contributed by atoms with Crippen LogP contribution in [0.3, 0.4) is 0 Å². The number of carbonyl (C=O) groups excluding carboxylic acids is 1. The van der Waals surface area contributed by atoms with Gasteiger partial charge >= 0.3 is 0 Å². The van der Waals surface area contributed by atoms with Gasteiger partial charge in [-0.3, -0.25) is 4.79 Å². The quantitative estimate of drug-likeness (QED) is 0.623. The Labute approximate surface area is 165 Å². The Kier molecular flexibility index (Phi) is 5.84. The minimum Gasteiger partial charge on any atom is -0.356 e. The van der Waals surface area contributed by atoms with Crippen LogP contribution >= 0.6 is 0 Å². The fourth-order valence-electron chi connectivity index (χ4n) is 5.84. The highest BCUT2D eigenvalue weighted by Gasteiger charge is 2.51. The third-order valence-corrected chi connectivity index (χ3v) is 7.43. The second-order valence-electron chi connectivity index (χ2n) is 9.69. The predicted molar refractivity (Wildman–Crippen MR) is 114 cm³/mol. The minimum absolute atomic E-state index is 0.168. The molecule has 2 aliphatic carbocycles. The first-order valence-electron chi connectivity index (χ1n) is 10.8. The number of allylic oxidation sites excluding steroid dienone is 1. The molecule has 1 fully saturated rings. The molecule has 0 radical (unpaired) electrons. The van der Waals surface area contributed by atoms with Crippen LogP contribution < -0.4 is 5.32 Å². The van der Waals surface area contributed by atoms with Crippen molar-refractivity contribution >= 4 is 5.91 Å². The van der Waals surface area contributed by atoms with Crippen LogP contribution in [0.4, 0.5) is 0 Å². The molecule has 0 saturated heterocycles. The second kappa shape index (κ2) is 7.81. The molecule has 2 heteroatoms. The summed E-state index contributed by atoms with van der Waals surface area (Å²) in [4.78, 5) is 12.2. The van der Waals surface area contributed by atoms with E-state index in [9.17, 15) is 4.79 Å². The van der Waals surface area contributed by atoms with Crippen molar-refractivity contribution in [3.8, 4) is 0 Å². The van der Waals surface area contributed by atoms with Crippen LogP contribution in [0.2, 0.25) is 0 Å². The van der Waals surface area contributed by atoms with E-state index in [1.165, 1.54) is 37.7 Å². The van der Waals surface area contributed by atoms with Crippen molar-refractivity contribution in [2.75, 3.05) is 6.54 Å². The van der Waals surface area contributed by atoms with Crippen LogP contribution in [-0.4, -0.2) is 12.5 Å². The Bertz CT molecular complexity index is 706. The Balaban J connectivity index is 1.82. The lowest BCUT2D eigenvalue weighted by Gasteiger charge is -2.55. The first-order valence-corrected chi connectivity index (χ1v) is 10.8. The molecule has 27 heavy (non-hydrogen) atoms. The van der Waals surface area contributed by atoms with Gasteiger partial charge in [-0.25, -0.2) is 0 Å². The average Bonchev–Trinajstić information content (AvgIpc) is 2.64. The molecule has 2 aliphatic rings. The third kappa shape index (κ3) is 3.86. The summed E-state index contributed by atoms with van der Waals surface area (Å²) in [5.41, 5.74) is 5.03. The number of hydrogen-bond acceptors (Lipinski definition) is 1. The van der Waals surface area contributed by atoms with Crippen LogP contribution in [0.5, 0.6) is 0 Å². The molecule has 1 N–H and O–H groups in total. The number of hydrogen-bond donors (Lipinski definition) is 1. The zero-order valence-electron chi connectivity index (χ0n) is 17.7. The van der Waals surface area contributed by atoms with E-state index >= 15 is 0 Å². The summed E-state index contributed by atoms with van der Waals surface area (Å²) in [5.74, 6) is 1.39. The maximum Gasteiger partial charge on any atom is 0.220 e. The molecule has 0 spiro atoms. The first kappa shape index (κ1) is 20.2. The van der Waals surface area contributed by atoms with Gasteiger partial charge in [0.1, 0.15) is 0 Å². The van der Waals surface area contributed by atoms with Crippen LogP contribution in [0.1, 0.15) is 88.8 Å². The molecule has 1 amide bonds. The summed E-state index contributed by atoms with van der Waals surface area (Å²) in [6.45, 7) is 14.0. The number of fused-ring (bicyclic) bond motifs is 3. The number of rotatable bonds is 6. The number of carbonyl (C=O) groups is 1. The third-order valence-electron chi connectivity index (χ3n) is 7.43. The number of benzene rings is 1. The molecule has 3 rings (SSSR count). The topological polar surface area (TPSA) is 29.1 Å². The van der Waals surface area contributed by atoms with E-state index < -0.39 is 0 Å². The predicted octanol–water partition coefficient (Wildman–Crippen LogP) is 5.90. The van der Waals surface area contributed by atoms with Crippen LogP contribution in [0.25, 0.3) is 0 Å². The minimum atomic E-state index is 0.168. The van der Waals surface area contributed by atoms with E-state index in [1.54, 1.807) is 11.1 Å². The van der Waals surface area contributed by atoms with Crippen molar-refractivity contribution in [1.29, 1.82) is 0 Å². The van der Waals surface area contributed by atoms with Gasteiger partial charge in [-0.05, 0) is 71.5 Å². The van der Waals surface area contributed by atoms with E-state index in [0.29, 0.717) is 18.3 Å². The number of aryl methyl sites for hydroxylation is 1. The van der Waals surface area contributed by atoms with Crippen molar-refractivity contribution < 1.29 is 4.79 Å². The zero-order valence-corrected chi connectivity index (χ0v) is 17.7. The van der Waals surface area contributed by atoms with Crippen molar-refractivity contribution in [3.63, 3.8) is 0 Å². The lowest BCUT2D eigenvalue weighted by molar-refractivity contribution is -0.122. The molecule has 3 atom stereocenters. The summed E-state index contributed by atoms with van der Waals surface area (Å²) in [7, 11) is 0. The van der Waals surface area contributed by atoms with Gasteiger partial charge in [0.15, 0.2) is 0 Å². The van der Waals surface area contributed by atoms with Crippen molar-refractivity contribution in [1.82, 2.24) is 5.32 Å². The van der Waals surface area contributed by atoms with Gasteiger partial charge in [0, 0.05) is 13.0 Å². The Hall–Kier alpha value is -1.57. The molecule has 1 saturated carbocycles. The van der Waals surface area contributed by atoms with Crippen molar-refractivity contribution in [3.05, 3.63) is 47.5 Å². The van der Waals surface area contributed by atoms with Crippen LogP contribution in [0.15, 0.2) is 30.9 Å². The van der Waals surface area contributed by atoms with Crippen LogP contribution in [0, 0.1) is 11.3 Å². The molecular formula is C25H37NO. The van der Waals surface area contributed by atoms with E-state index in [-0.39, 0.29) is 16.7 Å². The van der Waals surface area contributed by atoms with Gasteiger partial charge in [-0.15, -0.1) is 6.58 Å². The van der Waals surface area contributed by atoms with E-state index in [4.69, 9.17) is 0 Å². The first-order chi connectivity index (χ1) is 12.8. The summed E-state index contributed by atoms with van der Waals surface area (Å²) in [5, 5.41) is 3.24. The second-order valence-corrected chi connectivity index (χ2v) is 9.69. The number of amides is 1. The Morgan fingerprint density at radius 3 is 2.81 bits per heavy atom. The highest BCUT2D eigenvalue weighted by Crippen LogP contribution is 2.57.